The smallest absolute Gasteiger partial charge is 0.338 e. The minimum Gasteiger partial charge on any atom is -0.457 e. The highest BCUT2D eigenvalue weighted by atomic mass is 16.6. The summed E-state index contributed by atoms with van der Waals surface area (Å²) in [5.41, 5.74) is 0.0997. The fraction of sp³-hybridized carbons (Fsp3) is 0.800. The van der Waals surface area contributed by atoms with Crippen LogP contribution >= 0.6 is 0 Å². The predicted octanol–water partition coefficient (Wildman–Crippen LogP) is 9.37. The molecule has 4 heteroatoms. The number of unbranched alkanes of at least 4 members (excludes halogenated alkanes) is 15. The lowest BCUT2D eigenvalue weighted by Crippen LogP contribution is -2.25. The maximum Gasteiger partial charge on any atom is 0.338 e. The molecule has 0 spiro atoms. The van der Waals surface area contributed by atoms with Gasteiger partial charge in [-0.15, -0.1) is 0 Å². The molecule has 0 aromatic heterocycles. The van der Waals surface area contributed by atoms with E-state index >= 15 is 0 Å². The fourth-order valence-electron chi connectivity index (χ4n) is 3.82. The van der Waals surface area contributed by atoms with Crippen molar-refractivity contribution in [2.75, 3.05) is 0 Å². The molecule has 0 saturated carbocycles. The van der Waals surface area contributed by atoms with Crippen molar-refractivity contribution < 1.29 is 19.1 Å². The van der Waals surface area contributed by atoms with E-state index in [0.29, 0.717) is 23.3 Å². The van der Waals surface area contributed by atoms with Gasteiger partial charge in [-0.05, 0) is 41.0 Å². The number of hydrogen-bond acceptors (Lipinski definition) is 4. The highest BCUT2D eigenvalue weighted by Gasteiger charge is 2.22. The number of ether oxygens (including phenoxy) is 2. The van der Waals surface area contributed by atoms with Gasteiger partial charge in [0.1, 0.15) is 11.4 Å². The van der Waals surface area contributed by atoms with E-state index in [-0.39, 0.29) is 0 Å². The normalized spacial score (nSPS) is 12.3. The summed E-state index contributed by atoms with van der Waals surface area (Å²) in [6.45, 7) is 14.7. The first-order valence-electron chi connectivity index (χ1n) is 13.9. The summed E-state index contributed by atoms with van der Waals surface area (Å²) in [7, 11) is 0. The summed E-state index contributed by atoms with van der Waals surface area (Å²) < 4.78 is 10.9. The van der Waals surface area contributed by atoms with Crippen LogP contribution < -0.4 is 0 Å². The highest BCUT2D eigenvalue weighted by Crippen LogP contribution is 2.21. The van der Waals surface area contributed by atoms with Crippen molar-refractivity contribution >= 4 is 11.9 Å². The molecular weight excluding hydrogens is 424 g/mol. The van der Waals surface area contributed by atoms with Crippen LogP contribution in [0.2, 0.25) is 0 Å². The summed E-state index contributed by atoms with van der Waals surface area (Å²) in [4.78, 5) is 24.5. The van der Waals surface area contributed by atoms with Gasteiger partial charge in [-0.2, -0.15) is 0 Å². The van der Waals surface area contributed by atoms with E-state index in [2.05, 4.69) is 13.5 Å². The largest absolute Gasteiger partial charge is 0.457 e. The molecule has 0 bridgehead atoms. The third-order valence-corrected chi connectivity index (χ3v) is 5.95. The maximum absolute atomic E-state index is 12.4. The fourth-order valence-corrected chi connectivity index (χ4v) is 3.82. The monoisotopic (exact) mass is 478 g/mol. The van der Waals surface area contributed by atoms with Crippen molar-refractivity contribution in [3.05, 3.63) is 23.5 Å². The molecule has 0 atom stereocenters. The molecule has 4 nitrogen and oxygen atoms in total. The Balaban J connectivity index is 4.07. The molecule has 0 heterocycles. The number of carbonyl (C=O) groups is 2. The summed E-state index contributed by atoms with van der Waals surface area (Å²) in [5.74, 6) is -0.518. The molecule has 0 amide bonds. The summed E-state index contributed by atoms with van der Waals surface area (Å²) in [6.07, 6.45) is 21.5. The average Bonchev–Trinajstić information content (AvgIpc) is 2.76. The zero-order valence-electron chi connectivity index (χ0n) is 23.4. The second-order valence-corrected chi connectivity index (χ2v) is 10.8. The topological polar surface area (TPSA) is 52.6 Å². The van der Waals surface area contributed by atoms with Crippen molar-refractivity contribution in [1.82, 2.24) is 0 Å². The summed E-state index contributed by atoms with van der Waals surface area (Å²) in [5, 5.41) is 0. The molecule has 198 valence electrons. The van der Waals surface area contributed by atoms with Crippen LogP contribution in [-0.4, -0.2) is 17.5 Å². The number of allylic oxidation sites excluding steroid dienone is 1. The van der Waals surface area contributed by atoms with E-state index in [1.54, 1.807) is 13.8 Å². The Morgan fingerprint density at radius 2 is 1.03 bits per heavy atom. The molecule has 0 N–H and O–H groups in total. The van der Waals surface area contributed by atoms with Crippen LogP contribution in [0.1, 0.15) is 151 Å². The molecule has 34 heavy (non-hydrogen) atoms. The van der Waals surface area contributed by atoms with Crippen molar-refractivity contribution in [3.8, 4) is 0 Å². The minimum absolute atomic E-state index is 0.321. The molecule has 0 rings (SSSR count). The third kappa shape index (κ3) is 18.8. The molecule has 0 aromatic carbocycles. The summed E-state index contributed by atoms with van der Waals surface area (Å²) in [6, 6.07) is 0. The number of esters is 2. The van der Waals surface area contributed by atoms with Gasteiger partial charge in [0.15, 0.2) is 0 Å². The molecule has 0 aliphatic rings. The Bertz CT molecular complexity index is 610. The predicted molar refractivity (Wildman–Crippen MR) is 144 cm³/mol. The lowest BCUT2D eigenvalue weighted by atomic mass is 10.0. The van der Waals surface area contributed by atoms with Gasteiger partial charge in [-0.1, -0.05) is 110 Å². The van der Waals surface area contributed by atoms with E-state index in [1.807, 2.05) is 20.8 Å². The Hall–Kier alpha value is -1.58. The third-order valence-electron chi connectivity index (χ3n) is 5.95. The van der Waals surface area contributed by atoms with Gasteiger partial charge >= 0.3 is 11.9 Å². The SMILES string of the molecule is C=C(C)C(=O)O/C(CCCCCCCCCCCCCCCCCC)=C(/C)C(=O)OC(C)(C)C. The molecule has 0 fully saturated rings. The van der Waals surface area contributed by atoms with Crippen molar-refractivity contribution in [2.45, 2.75) is 156 Å². The quantitative estimate of drug-likeness (QED) is 0.0756. The van der Waals surface area contributed by atoms with Crippen molar-refractivity contribution in [1.29, 1.82) is 0 Å². The van der Waals surface area contributed by atoms with Gasteiger partial charge in [0.25, 0.3) is 0 Å². The minimum atomic E-state index is -0.587. The first-order valence-corrected chi connectivity index (χ1v) is 13.9. The lowest BCUT2D eigenvalue weighted by Gasteiger charge is -2.21. The zero-order valence-corrected chi connectivity index (χ0v) is 23.4. The first-order chi connectivity index (χ1) is 16.1. The molecule has 0 aliphatic heterocycles. The van der Waals surface area contributed by atoms with Gasteiger partial charge in [-0.3, -0.25) is 0 Å². The van der Waals surface area contributed by atoms with Crippen LogP contribution in [-0.2, 0) is 19.1 Å². The van der Waals surface area contributed by atoms with Gasteiger partial charge in [0.05, 0.1) is 5.57 Å². The second-order valence-electron chi connectivity index (χ2n) is 10.8. The van der Waals surface area contributed by atoms with Crippen molar-refractivity contribution in [2.24, 2.45) is 0 Å². The number of carbonyl (C=O) groups excluding carboxylic acids is 2. The van der Waals surface area contributed by atoms with E-state index in [1.165, 1.54) is 89.9 Å². The van der Waals surface area contributed by atoms with Crippen LogP contribution in [0.3, 0.4) is 0 Å². The molecule has 0 radical (unpaired) electrons. The van der Waals surface area contributed by atoms with E-state index in [4.69, 9.17) is 9.47 Å². The molecular formula is C30H54O4. The Morgan fingerprint density at radius 1 is 0.647 bits per heavy atom. The standard InChI is InChI=1S/C30H54O4/c1-8-9-10-11-12-13-14-15-16-17-18-19-20-21-22-23-24-27(33-28(31)25(2)3)26(4)29(32)34-30(5,6)7/h2,8-24H2,1,3-7H3/b27-26-. The molecule has 0 aliphatic carbocycles. The molecule has 0 unspecified atom stereocenters. The average molecular weight is 479 g/mol. The molecule has 0 aromatic rings. The van der Waals surface area contributed by atoms with Gasteiger partial charge in [-0.25, -0.2) is 9.59 Å². The van der Waals surface area contributed by atoms with E-state index in [9.17, 15) is 9.59 Å². The zero-order chi connectivity index (χ0) is 25.8. The van der Waals surface area contributed by atoms with Crippen LogP contribution in [0, 0.1) is 0 Å². The van der Waals surface area contributed by atoms with Crippen LogP contribution in [0.4, 0.5) is 0 Å². The first kappa shape index (κ1) is 32.4. The lowest BCUT2D eigenvalue weighted by molar-refractivity contribution is -0.150. The maximum atomic E-state index is 12.4. The van der Waals surface area contributed by atoms with Crippen LogP contribution in [0.25, 0.3) is 0 Å². The van der Waals surface area contributed by atoms with Gasteiger partial charge in [0.2, 0.25) is 0 Å². The van der Waals surface area contributed by atoms with Crippen LogP contribution in [0.15, 0.2) is 23.5 Å². The Morgan fingerprint density at radius 3 is 1.38 bits per heavy atom. The van der Waals surface area contributed by atoms with Gasteiger partial charge < -0.3 is 9.47 Å². The van der Waals surface area contributed by atoms with Crippen LogP contribution in [0.5, 0.6) is 0 Å². The van der Waals surface area contributed by atoms with E-state index in [0.717, 1.165) is 12.8 Å². The van der Waals surface area contributed by atoms with E-state index < -0.39 is 17.5 Å². The second kappa shape index (κ2) is 19.7. The number of hydrogen-bond donors (Lipinski definition) is 0. The molecule has 0 saturated heterocycles. The van der Waals surface area contributed by atoms with Gasteiger partial charge in [0, 0.05) is 12.0 Å². The Kier molecular flexibility index (Phi) is 18.8. The van der Waals surface area contributed by atoms with Crippen molar-refractivity contribution in [3.63, 3.8) is 0 Å². The summed E-state index contributed by atoms with van der Waals surface area (Å²) >= 11 is 0. The highest BCUT2D eigenvalue weighted by molar-refractivity contribution is 5.91. The number of rotatable bonds is 20. The Labute approximate surface area is 210 Å².